The van der Waals surface area contributed by atoms with E-state index in [-0.39, 0.29) is 0 Å². The summed E-state index contributed by atoms with van der Waals surface area (Å²) < 4.78 is 0.994. The van der Waals surface area contributed by atoms with Gasteiger partial charge in [-0.2, -0.15) is 0 Å². The van der Waals surface area contributed by atoms with Crippen molar-refractivity contribution in [2.75, 3.05) is 21.1 Å². The molecule has 0 spiro atoms. The molecule has 0 saturated carbocycles. The molecule has 0 heterocycles. The summed E-state index contributed by atoms with van der Waals surface area (Å²) in [7, 11) is 6.64. The van der Waals surface area contributed by atoms with Gasteiger partial charge in [-0.1, -0.05) is 6.08 Å². The van der Waals surface area contributed by atoms with Crippen molar-refractivity contribution in [3.8, 4) is 0 Å². The molecule has 0 N–H and O–H groups in total. The predicted molar refractivity (Wildman–Crippen MR) is 52.6 cm³/mol. The summed E-state index contributed by atoms with van der Waals surface area (Å²) in [6.45, 7) is 0. The molecular weight excluding hydrogens is 154 g/mol. The lowest BCUT2D eigenvalue weighted by Crippen LogP contribution is -2.44. The fraction of sp³-hybridized carbons (Fsp3) is 0.556. The third kappa shape index (κ3) is 2.38. The average Bonchev–Trinajstić information content (AvgIpc) is 1.86. The van der Waals surface area contributed by atoms with Gasteiger partial charge in [0.1, 0.15) is 6.04 Å². The highest BCUT2D eigenvalue weighted by Crippen LogP contribution is 2.18. The van der Waals surface area contributed by atoms with Crippen LogP contribution in [-0.2, 0) is 0 Å². The number of allylic oxidation sites excluding steroid dienone is 1. The molecule has 1 atom stereocenters. The van der Waals surface area contributed by atoms with E-state index < -0.39 is 0 Å². The number of likely N-dealkylation sites (N-methyl/N-ethyl adjacent to an activating group) is 1. The SMILES string of the molecule is C[N+](C)(C)C1C=CC(S)=CC1. The predicted octanol–water partition coefficient (Wildman–Crippen LogP) is 1.83. The Balaban J connectivity index is 2.63. The second kappa shape index (κ2) is 3.03. The first-order chi connectivity index (χ1) is 5.00. The summed E-state index contributed by atoms with van der Waals surface area (Å²) in [5.41, 5.74) is 0. The summed E-state index contributed by atoms with van der Waals surface area (Å²) in [5.74, 6) is 0. The number of nitrogens with zero attached hydrogens (tertiary/aromatic N) is 1. The van der Waals surface area contributed by atoms with Gasteiger partial charge in [0.15, 0.2) is 0 Å². The van der Waals surface area contributed by atoms with Gasteiger partial charge in [-0.15, -0.1) is 12.6 Å². The van der Waals surface area contributed by atoms with Crippen LogP contribution in [0.1, 0.15) is 6.42 Å². The molecule has 1 rings (SSSR count). The topological polar surface area (TPSA) is 0 Å². The van der Waals surface area contributed by atoms with Crippen LogP contribution in [0.15, 0.2) is 23.1 Å². The van der Waals surface area contributed by atoms with Gasteiger partial charge in [0, 0.05) is 11.3 Å². The number of hydrogen-bond acceptors (Lipinski definition) is 1. The van der Waals surface area contributed by atoms with Gasteiger partial charge >= 0.3 is 0 Å². The Kier molecular flexibility index (Phi) is 2.45. The molecule has 0 saturated heterocycles. The van der Waals surface area contributed by atoms with Gasteiger partial charge in [-0.3, -0.25) is 0 Å². The standard InChI is InChI=1S/C9H15NS/c1-10(2,3)8-4-6-9(11)7-5-8/h4,6-8H,5H2,1-3H3/p+1. The summed E-state index contributed by atoms with van der Waals surface area (Å²) in [5, 5.41) is 0. The molecule has 0 amide bonds. The summed E-state index contributed by atoms with van der Waals surface area (Å²) in [6.07, 6.45) is 7.61. The van der Waals surface area contributed by atoms with Crippen LogP contribution in [0.3, 0.4) is 0 Å². The molecule has 62 valence electrons. The van der Waals surface area contributed by atoms with Crippen LogP contribution in [0.2, 0.25) is 0 Å². The van der Waals surface area contributed by atoms with E-state index in [4.69, 9.17) is 0 Å². The highest BCUT2D eigenvalue weighted by molar-refractivity contribution is 7.84. The van der Waals surface area contributed by atoms with Crippen molar-refractivity contribution in [2.45, 2.75) is 12.5 Å². The van der Waals surface area contributed by atoms with Gasteiger partial charge in [0.2, 0.25) is 0 Å². The van der Waals surface area contributed by atoms with Crippen molar-refractivity contribution in [3.63, 3.8) is 0 Å². The molecule has 0 radical (unpaired) electrons. The van der Waals surface area contributed by atoms with E-state index in [9.17, 15) is 0 Å². The van der Waals surface area contributed by atoms with E-state index in [1.807, 2.05) is 0 Å². The molecule has 1 aliphatic carbocycles. The minimum absolute atomic E-state index is 0.617. The molecule has 0 bridgehead atoms. The van der Waals surface area contributed by atoms with Crippen LogP contribution >= 0.6 is 12.6 Å². The normalized spacial score (nSPS) is 25.1. The largest absolute Gasteiger partial charge is 0.325 e. The Hall–Kier alpha value is -0.210. The van der Waals surface area contributed by atoms with E-state index in [1.165, 1.54) is 0 Å². The Morgan fingerprint density at radius 3 is 2.45 bits per heavy atom. The molecule has 0 aromatic heterocycles. The smallest absolute Gasteiger partial charge is 0.111 e. The zero-order chi connectivity index (χ0) is 8.48. The Labute approximate surface area is 74.4 Å². The van der Waals surface area contributed by atoms with Crippen molar-refractivity contribution in [1.82, 2.24) is 0 Å². The summed E-state index contributed by atoms with van der Waals surface area (Å²) in [4.78, 5) is 1.09. The maximum absolute atomic E-state index is 4.26. The van der Waals surface area contributed by atoms with Crippen molar-refractivity contribution < 1.29 is 4.48 Å². The average molecular weight is 170 g/mol. The molecule has 2 heteroatoms. The molecular formula is C9H16NS+. The molecule has 0 aromatic rings. The minimum Gasteiger partial charge on any atom is -0.325 e. The lowest BCUT2D eigenvalue weighted by molar-refractivity contribution is -0.888. The lowest BCUT2D eigenvalue weighted by Gasteiger charge is -2.32. The molecule has 0 aromatic carbocycles. The number of quaternary nitrogens is 1. The van der Waals surface area contributed by atoms with Crippen LogP contribution in [0.25, 0.3) is 0 Å². The van der Waals surface area contributed by atoms with Gasteiger partial charge in [0.25, 0.3) is 0 Å². The summed E-state index contributed by atoms with van der Waals surface area (Å²) >= 11 is 4.26. The quantitative estimate of drug-likeness (QED) is 0.450. The minimum atomic E-state index is 0.617. The van der Waals surface area contributed by atoms with Crippen LogP contribution in [0.5, 0.6) is 0 Å². The third-order valence-corrected chi connectivity index (χ3v) is 2.38. The van der Waals surface area contributed by atoms with Gasteiger partial charge < -0.3 is 4.48 Å². The van der Waals surface area contributed by atoms with Crippen LogP contribution in [0, 0.1) is 0 Å². The molecule has 11 heavy (non-hydrogen) atoms. The first-order valence-corrected chi connectivity index (χ1v) is 4.33. The molecule has 0 aliphatic heterocycles. The second-order valence-electron chi connectivity index (χ2n) is 3.91. The highest BCUT2D eigenvalue weighted by atomic mass is 32.1. The first kappa shape index (κ1) is 8.88. The Bertz CT molecular complexity index is 198. The van der Waals surface area contributed by atoms with Crippen molar-refractivity contribution in [2.24, 2.45) is 0 Å². The molecule has 0 fully saturated rings. The zero-order valence-corrected chi connectivity index (χ0v) is 8.31. The maximum Gasteiger partial charge on any atom is 0.111 e. The van der Waals surface area contributed by atoms with E-state index in [0.29, 0.717) is 6.04 Å². The summed E-state index contributed by atoms with van der Waals surface area (Å²) in [6, 6.07) is 0.617. The van der Waals surface area contributed by atoms with E-state index in [2.05, 4.69) is 52.0 Å². The van der Waals surface area contributed by atoms with Crippen molar-refractivity contribution in [1.29, 1.82) is 0 Å². The molecule has 1 unspecified atom stereocenters. The lowest BCUT2D eigenvalue weighted by atomic mass is 10.1. The first-order valence-electron chi connectivity index (χ1n) is 3.88. The van der Waals surface area contributed by atoms with E-state index in [1.54, 1.807) is 0 Å². The molecule has 1 aliphatic rings. The number of rotatable bonds is 1. The van der Waals surface area contributed by atoms with Gasteiger partial charge in [-0.05, 0) is 12.2 Å². The van der Waals surface area contributed by atoms with Crippen LogP contribution in [-0.4, -0.2) is 31.7 Å². The fourth-order valence-electron chi connectivity index (χ4n) is 1.17. The van der Waals surface area contributed by atoms with E-state index in [0.717, 1.165) is 15.8 Å². The molecule has 1 nitrogen and oxygen atoms in total. The monoisotopic (exact) mass is 170 g/mol. The highest BCUT2D eigenvalue weighted by Gasteiger charge is 2.20. The van der Waals surface area contributed by atoms with E-state index >= 15 is 0 Å². The number of thiol groups is 1. The van der Waals surface area contributed by atoms with Gasteiger partial charge in [0.05, 0.1) is 21.1 Å². The third-order valence-electron chi connectivity index (χ3n) is 2.05. The zero-order valence-electron chi connectivity index (χ0n) is 7.41. The fourth-order valence-corrected chi connectivity index (χ4v) is 1.36. The van der Waals surface area contributed by atoms with Crippen LogP contribution < -0.4 is 0 Å². The second-order valence-corrected chi connectivity index (χ2v) is 4.42. The maximum atomic E-state index is 4.26. The van der Waals surface area contributed by atoms with Crippen molar-refractivity contribution >= 4 is 12.6 Å². The Morgan fingerprint density at radius 2 is 2.09 bits per heavy atom. The number of hydrogen-bond donors (Lipinski definition) is 1. The van der Waals surface area contributed by atoms with Gasteiger partial charge in [-0.25, -0.2) is 0 Å². The van der Waals surface area contributed by atoms with Crippen LogP contribution in [0.4, 0.5) is 0 Å². The Morgan fingerprint density at radius 1 is 1.45 bits per heavy atom. The van der Waals surface area contributed by atoms with Crippen molar-refractivity contribution in [3.05, 3.63) is 23.1 Å².